The van der Waals surface area contributed by atoms with Crippen molar-refractivity contribution in [2.45, 2.75) is 13.3 Å². The minimum absolute atomic E-state index is 0.255. The standard InChI is InChI=1S/C10H14O2/c1-3-4-5-6-7-8-9-12-10(2)11/h3,5-8H,1,4,9H2,2H3. The topological polar surface area (TPSA) is 26.3 Å². The highest BCUT2D eigenvalue weighted by Crippen LogP contribution is 1.85. The van der Waals surface area contributed by atoms with Crippen LogP contribution in [-0.4, -0.2) is 12.6 Å². The molecule has 0 aliphatic rings. The van der Waals surface area contributed by atoms with Gasteiger partial charge in [-0.3, -0.25) is 4.79 Å². The fourth-order valence-electron chi connectivity index (χ4n) is 0.553. The predicted octanol–water partition coefficient (Wildman–Crippen LogP) is 2.24. The first-order valence-electron chi connectivity index (χ1n) is 3.83. The first kappa shape index (κ1) is 10.7. The fourth-order valence-corrected chi connectivity index (χ4v) is 0.553. The lowest BCUT2D eigenvalue weighted by Gasteiger charge is -1.92. The summed E-state index contributed by atoms with van der Waals surface area (Å²) in [5.41, 5.74) is 0. The van der Waals surface area contributed by atoms with E-state index < -0.39 is 0 Å². The van der Waals surface area contributed by atoms with E-state index in [4.69, 9.17) is 0 Å². The van der Waals surface area contributed by atoms with Crippen molar-refractivity contribution < 1.29 is 9.53 Å². The van der Waals surface area contributed by atoms with Crippen LogP contribution in [0, 0.1) is 0 Å². The highest BCUT2D eigenvalue weighted by molar-refractivity contribution is 5.65. The van der Waals surface area contributed by atoms with E-state index in [1.807, 2.05) is 24.3 Å². The van der Waals surface area contributed by atoms with Gasteiger partial charge in [0, 0.05) is 6.92 Å². The summed E-state index contributed by atoms with van der Waals surface area (Å²) in [4.78, 5) is 10.3. The zero-order valence-corrected chi connectivity index (χ0v) is 7.32. The van der Waals surface area contributed by atoms with Crippen molar-refractivity contribution in [3.8, 4) is 0 Å². The molecule has 66 valence electrons. The minimum atomic E-state index is -0.255. The molecule has 0 amide bonds. The van der Waals surface area contributed by atoms with Gasteiger partial charge in [0.2, 0.25) is 0 Å². The molecule has 0 rings (SSSR count). The summed E-state index contributed by atoms with van der Waals surface area (Å²) >= 11 is 0. The Morgan fingerprint density at radius 3 is 2.67 bits per heavy atom. The summed E-state index contributed by atoms with van der Waals surface area (Å²) in [5, 5.41) is 0. The van der Waals surface area contributed by atoms with Crippen LogP contribution in [0.4, 0.5) is 0 Å². The Morgan fingerprint density at radius 2 is 2.08 bits per heavy atom. The third-order valence-electron chi connectivity index (χ3n) is 1.07. The largest absolute Gasteiger partial charge is 0.462 e. The Balaban J connectivity index is 3.36. The van der Waals surface area contributed by atoms with E-state index >= 15 is 0 Å². The molecule has 0 unspecified atom stereocenters. The lowest BCUT2D eigenvalue weighted by Crippen LogP contribution is -1.96. The van der Waals surface area contributed by atoms with Gasteiger partial charge in [-0.2, -0.15) is 0 Å². The summed E-state index contributed by atoms with van der Waals surface area (Å²) in [5.74, 6) is -0.255. The SMILES string of the molecule is C=CCC=CC=CCOC(C)=O. The maximum absolute atomic E-state index is 10.3. The molecule has 0 saturated heterocycles. The van der Waals surface area contributed by atoms with Crippen molar-refractivity contribution in [3.05, 3.63) is 37.0 Å². The van der Waals surface area contributed by atoms with Gasteiger partial charge in [-0.15, -0.1) is 6.58 Å². The van der Waals surface area contributed by atoms with Crippen molar-refractivity contribution in [2.24, 2.45) is 0 Å². The third-order valence-corrected chi connectivity index (χ3v) is 1.07. The number of ether oxygens (including phenoxy) is 1. The first-order chi connectivity index (χ1) is 5.77. The molecule has 2 nitrogen and oxygen atoms in total. The Labute approximate surface area is 73.2 Å². The van der Waals surface area contributed by atoms with Gasteiger partial charge in [0.25, 0.3) is 0 Å². The van der Waals surface area contributed by atoms with E-state index in [-0.39, 0.29) is 5.97 Å². The van der Waals surface area contributed by atoms with Crippen molar-refractivity contribution >= 4 is 5.97 Å². The molecular formula is C10H14O2. The van der Waals surface area contributed by atoms with Gasteiger partial charge in [0.05, 0.1) is 0 Å². The lowest BCUT2D eigenvalue weighted by atomic mass is 10.3. The zero-order valence-electron chi connectivity index (χ0n) is 7.32. The maximum Gasteiger partial charge on any atom is 0.302 e. The van der Waals surface area contributed by atoms with Gasteiger partial charge >= 0.3 is 5.97 Å². The average molecular weight is 166 g/mol. The van der Waals surface area contributed by atoms with E-state index in [1.165, 1.54) is 6.92 Å². The smallest absolute Gasteiger partial charge is 0.302 e. The Bertz CT molecular complexity index is 190. The van der Waals surface area contributed by atoms with E-state index in [1.54, 1.807) is 6.08 Å². The molecule has 0 bridgehead atoms. The molecule has 0 aromatic carbocycles. The Hall–Kier alpha value is -1.31. The molecule has 0 spiro atoms. The minimum Gasteiger partial charge on any atom is -0.462 e. The monoisotopic (exact) mass is 166 g/mol. The Morgan fingerprint density at radius 1 is 1.42 bits per heavy atom. The van der Waals surface area contributed by atoms with Gasteiger partial charge in [0.1, 0.15) is 6.61 Å². The van der Waals surface area contributed by atoms with E-state index in [9.17, 15) is 4.79 Å². The summed E-state index contributed by atoms with van der Waals surface area (Å²) < 4.78 is 4.67. The number of rotatable bonds is 5. The quantitative estimate of drug-likeness (QED) is 0.355. The zero-order chi connectivity index (χ0) is 9.23. The van der Waals surface area contributed by atoms with Crippen molar-refractivity contribution in [2.75, 3.05) is 6.61 Å². The van der Waals surface area contributed by atoms with Crippen LogP contribution in [0.5, 0.6) is 0 Å². The molecule has 0 aliphatic heterocycles. The van der Waals surface area contributed by atoms with Gasteiger partial charge < -0.3 is 4.74 Å². The molecule has 0 saturated carbocycles. The number of esters is 1. The summed E-state index contributed by atoms with van der Waals surface area (Å²) in [7, 11) is 0. The van der Waals surface area contributed by atoms with Crippen molar-refractivity contribution in [1.82, 2.24) is 0 Å². The second-order valence-electron chi connectivity index (χ2n) is 2.18. The maximum atomic E-state index is 10.3. The van der Waals surface area contributed by atoms with Crippen LogP contribution in [0.15, 0.2) is 37.0 Å². The van der Waals surface area contributed by atoms with Crippen LogP contribution in [0.25, 0.3) is 0 Å². The first-order valence-corrected chi connectivity index (χ1v) is 3.83. The number of hydrogen-bond donors (Lipinski definition) is 0. The Kier molecular flexibility index (Phi) is 6.94. The van der Waals surface area contributed by atoms with E-state index in [0.29, 0.717) is 6.61 Å². The molecule has 0 aromatic heterocycles. The number of allylic oxidation sites excluding steroid dienone is 4. The molecule has 0 aromatic rings. The summed E-state index contributed by atoms with van der Waals surface area (Å²) in [6.07, 6.45) is 10.2. The van der Waals surface area contributed by atoms with Crippen molar-refractivity contribution in [3.63, 3.8) is 0 Å². The normalized spacial score (nSPS) is 10.8. The number of carbonyl (C=O) groups excluding carboxylic acids is 1. The average Bonchev–Trinajstić information content (AvgIpc) is 2.02. The molecule has 0 atom stereocenters. The van der Waals surface area contributed by atoms with Crippen molar-refractivity contribution in [1.29, 1.82) is 0 Å². The van der Waals surface area contributed by atoms with Crippen LogP contribution >= 0.6 is 0 Å². The molecule has 0 aliphatic carbocycles. The molecule has 0 heterocycles. The van der Waals surface area contributed by atoms with Crippen LogP contribution in [0.2, 0.25) is 0 Å². The van der Waals surface area contributed by atoms with E-state index in [0.717, 1.165) is 6.42 Å². The van der Waals surface area contributed by atoms with Crippen LogP contribution in [-0.2, 0) is 9.53 Å². The second kappa shape index (κ2) is 7.79. The molecule has 0 N–H and O–H groups in total. The fraction of sp³-hybridized carbons (Fsp3) is 0.300. The van der Waals surface area contributed by atoms with Gasteiger partial charge in [0.15, 0.2) is 0 Å². The third kappa shape index (κ3) is 8.69. The van der Waals surface area contributed by atoms with Gasteiger partial charge in [-0.05, 0) is 12.5 Å². The van der Waals surface area contributed by atoms with Gasteiger partial charge in [-0.25, -0.2) is 0 Å². The van der Waals surface area contributed by atoms with Gasteiger partial charge in [-0.1, -0.05) is 24.3 Å². The lowest BCUT2D eigenvalue weighted by molar-refractivity contribution is -0.139. The van der Waals surface area contributed by atoms with Crippen LogP contribution < -0.4 is 0 Å². The summed E-state index contributed by atoms with van der Waals surface area (Å²) in [6, 6.07) is 0. The molecule has 0 radical (unpaired) electrons. The highest BCUT2D eigenvalue weighted by atomic mass is 16.5. The van der Waals surface area contributed by atoms with E-state index in [2.05, 4.69) is 11.3 Å². The molecule has 0 fully saturated rings. The highest BCUT2D eigenvalue weighted by Gasteiger charge is 1.84. The second-order valence-corrected chi connectivity index (χ2v) is 2.18. The molecular weight excluding hydrogens is 152 g/mol. The van der Waals surface area contributed by atoms with Crippen LogP contribution in [0.3, 0.4) is 0 Å². The molecule has 12 heavy (non-hydrogen) atoms. The van der Waals surface area contributed by atoms with Crippen LogP contribution in [0.1, 0.15) is 13.3 Å². The summed E-state index contributed by atoms with van der Waals surface area (Å²) in [6.45, 7) is 5.30. The number of hydrogen-bond acceptors (Lipinski definition) is 2. The number of carbonyl (C=O) groups is 1. The molecule has 2 heteroatoms. The predicted molar refractivity (Wildman–Crippen MR) is 49.7 cm³/mol.